The molecule has 32 heavy (non-hydrogen) atoms. The SMILES string of the molecule is CCOC(=O)C(Cl)Cc1ccc(OCC2(C)CC(=O)c3c(C)c(O)c(C)c(C)c3O2)cc1. The average molecular weight is 461 g/mol. The molecule has 0 saturated carbocycles. The number of carbonyl (C=O) groups excluding carboxylic acids is 2. The summed E-state index contributed by atoms with van der Waals surface area (Å²) in [7, 11) is 0. The Kier molecular flexibility index (Phi) is 7.03. The van der Waals surface area contributed by atoms with Crippen molar-refractivity contribution in [1.29, 1.82) is 0 Å². The average Bonchev–Trinajstić information content (AvgIpc) is 2.75. The number of carbonyl (C=O) groups is 2. The van der Waals surface area contributed by atoms with Crippen LogP contribution in [0.1, 0.15) is 52.9 Å². The lowest BCUT2D eigenvalue weighted by molar-refractivity contribution is -0.142. The van der Waals surface area contributed by atoms with Gasteiger partial charge in [-0.1, -0.05) is 12.1 Å². The van der Waals surface area contributed by atoms with Gasteiger partial charge in [-0.3, -0.25) is 9.59 Å². The maximum atomic E-state index is 12.9. The molecule has 3 rings (SSSR count). The van der Waals surface area contributed by atoms with Crippen LogP contribution >= 0.6 is 11.6 Å². The van der Waals surface area contributed by atoms with Crippen molar-refractivity contribution in [2.24, 2.45) is 0 Å². The molecule has 0 bridgehead atoms. The molecular formula is C25H29ClO6. The van der Waals surface area contributed by atoms with Crippen molar-refractivity contribution in [3.8, 4) is 17.2 Å². The Hall–Kier alpha value is -2.73. The Morgan fingerprint density at radius 2 is 1.84 bits per heavy atom. The van der Waals surface area contributed by atoms with Crippen molar-refractivity contribution in [3.63, 3.8) is 0 Å². The van der Waals surface area contributed by atoms with Crippen LogP contribution in [-0.2, 0) is 16.0 Å². The minimum Gasteiger partial charge on any atom is -0.507 e. The second kappa shape index (κ2) is 9.41. The molecule has 0 amide bonds. The summed E-state index contributed by atoms with van der Waals surface area (Å²) in [6.45, 7) is 9.44. The van der Waals surface area contributed by atoms with E-state index in [1.807, 2.05) is 32.9 Å². The van der Waals surface area contributed by atoms with Crippen LogP contribution in [0.4, 0.5) is 0 Å². The minimum atomic E-state index is -0.839. The van der Waals surface area contributed by atoms with Crippen molar-refractivity contribution >= 4 is 23.4 Å². The number of hydrogen-bond donors (Lipinski definition) is 1. The third-order valence-electron chi connectivity index (χ3n) is 5.80. The zero-order valence-electron chi connectivity index (χ0n) is 19.1. The number of aromatic hydroxyl groups is 1. The Balaban J connectivity index is 1.69. The van der Waals surface area contributed by atoms with Crippen LogP contribution in [0.15, 0.2) is 24.3 Å². The number of phenolic OH excluding ortho intramolecular Hbond substituents is 1. The van der Waals surface area contributed by atoms with E-state index in [0.717, 1.165) is 11.1 Å². The normalized spacial score (nSPS) is 18.5. The molecule has 0 saturated heterocycles. The van der Waals surface area contributed by atoms with Crippen LogP contribution < -0.4 is 9.47 Å². The standard InChI is InChI=1S/C25H29ClO6/c1-6-30-24(29)19(26)11-17-7-9-18(10-8-17)31-13-25(5)12-20(27)21-16(4)22(28)14(2)15(3)23(21)32-25/h7-10,19,28H,6,11-13H2,1-5H3. The molecular weight excluding hydrogens is 432 g/mol. The summed E-state index contributed by atoms with van der Waals surface area (Å²) in [5.41, 5.74) is 2.50. The second-order valence-electron chi connectivity index (χ2n) is 8.44. The fourth-order valence-corrected chi connectivity index (χ4v) is 4.08. The molecule has 1 aliphatic rings. The molecule has 1 heterocycles. The summed E-state index contributed by atoms with van der Waals surface area (Å²) in [4.78, 5) is 24.6. The van der Waals surface area contributed by atoms with E-state index in [1.54, 1.807) is 26.0 Å². The molecule has 2 aromatic carbocycles. The van der Waals surface area contributed by atoms with Crippen molar-refractivity contribution in [2.75, 3.05) is 13.2 Å². The van der Waals surface area contributed by atoms with Gasteiger partial charge in [0.1, 0.15) is 34.8 Å². The summed E-state index contributed by atoms with van der Waals surface area (Å²) in [5.74, 6) is 0.767. The van der Waals surface area contributed by atoms with Crippen molar-refractivity contribution in [1.82, 2.24) is 0 Å². The van der Waals surface area contributed by atoms with Crippen molar-refractivity contribution < 1.29 is 28.9 Å². The van der Waals surface area contributed by atoms with Gasteiger partial charge in [-0.2, -0.15) is 0 Å². The second-order valence-corrected chi connectivity index (χ2v) is 8.96. The molecule has 0 aliphatic carbocycles. The predicted octanol–water partition coefficient (Wildman–Crippen LogP) is 4.83. The van der Waals surface area contributed by atoms with Gasteiger partial charge < -0.3 is 19.3 Å². The highest BCUT2D eigenvalue weighted by atomic mass is 35.5. The summed E-state index contributed by atoms with van der Waals surface area (Å²) in [5, 5.41) is 9.57. The number of benzene rings is 2. The van der Waals surface area contributed by atoms with E-state index in [9.17, 15) is 14.7 Å². The van der Waals surface area contributed by atoms with E-state index in [2.05, 4.69) is 0 Å². The van der Waals surface area contributed by atoms with Gasteiger partial charge in [0.15, 0.2) is 5.78 Å². The molecule has 2 unspecified atom stereocenters. The highest BCUT2D eigenvalue weighted by Gasteiger charge is 2.40. The summed E-state index contributed by atoms with van der Waals surface area (Å²) in [6.07, 6.45) is 0.506. The van der Waals surface area contributed by atoms with Crippen LogP contribution in [0.3, 0.4) is 0 Å². The summed E-state index contributed by atoms with van der Waals surface area (Å²) >= 11 is 6.10. The first-order chi connectivity index (χ1) is 15.1. The first kappa shape index (κ1) is 23.9. The smallest absolute Gasteiger partial charge is 0.324 e. The van der Waals surface area contributed by atoms with Crippen LogP contribution in [0, 0.1) is 20.8 Å². The molecule has 0 radical (unpaired) electrons. The number of hydrogen-bond acceptors (Lipinski definition) is 6. The van der Waals surface area contributed by atoms with Crippen molar-refractivity contribution in [3.05, 3.63) is 52.1 Å². The molecule has 172 valence electrons. The van der Waals surface area contributed by atoms with E-state index in [4.69, 9.17) is 25.8 Å². The van der Waals surface area contributed by atoms with E-state index in [-0.39, 0.29) is 24.6 Å². The van der Waals surface area contributed by atoms with Gasteiger partial charge in [0.05, 0.1) is 18.6 Å². The number of alkyl halides is 1. The largest absolute Gasteiger partial charge is 0.507 e. The van der Waals surface area contributed by atoms with Crippen LogP contribution in [-0.4, -0.2) is 41.1 Å². The lowest BCUT2D eigenvalue weighted by atomic mass is 9.86. The number of ketones is 1. The first-order valence-electron chi connectivity index (χ1n) is 10.6. The quantitative estimate of drug-likeness (QED) is 0.470. The molecule has 1 aliphatic heterocycles. The van der Waals surface area contributed by atoms with Crippen LogP contribution in [0.25, 0.3) is 0 Å². The topological polar surface area (TPSA) is 82.1 Å². The number of halogens is 1. The van der Waals surface area contributed by atoms with Gasteiger partial charge in [-0.15, -0.1) is 11.6 Å². The number of esters is 1. The number of fused-ring (bicyclic) bond motifs is 1. The number of Topliss-reactive ketones (excluding diaryl/α,β-unsaturated/α-hetero) is 1. The van der Waals surface area contributed by atoms with Crippen LogP contribution in [0.2, 0.25) is 0 Å². The maximum absolute atomic E-state index is 12.9. The fraction of sp³-hybridized carbons (Fsp3) is 0.440. The summed E-state index contributed by atoms with van der Waals surface area (Å²) < 4.78 is 17.1. The van der Waals surface area contributed by atoms with Crippen molar-refractivity contribution in [2.45, 2.75) is 58.4 Å². The Morgan fingerprint density at radius 3 is 2.47 bits per heavy atom. The van der Waals surface area contributed by atoms with E-state index in [1.165, 1.54) is 0 Å². The van der Waals surface area contributed by atoms with Crippen LogP contribution in [0.5, 0.6) is 17.2 Å². The third-order valence-corrected chi connectivity index (χ3v) is 6.13. The molecule has 0 aromatic heterocycles. The minimum absolute atomic E-state index is 0.0734. The zero-order chi connectivity index (χ0) is 23.6. The van der Waals surface area contributed by atoms with Gasteiger partial charge in [0.2, 0.25) is 0 Å². The first-order valence-corrected chi connectivity index (χ1v) is 11.1. The van der Waals surface area contributed by atoms with Gasteiger partial charge >= 0.3 is 5.97 Å². The van der Waals surface area contributed by atoms with Gasteiger partial charge in [0.25, 0.3) is 0 Å². The monoisotopic (exact) mass is 460 g/mol. The Morgan fingerprint density at radius 1 is 1.19 bits per heavy atom. The molecule has 1 N–H and O–H groups in total. The zero-order valence-corrected chi connectivity index (χ0v) is 19.8. The highest BCUT2D eigenvalue weighted by molar-refractivity contribution is 6.30. The summed E-state index contributed by atoms with van der Waals surface area (Å²) in [6, 6.07) is 7.27. The number of rotatable bonds is 7. The molecule has 2 aromatic rings. The van der Waals surface area contributed by atoms with E-state index < -0.39 is 16.9 Å². The van der Waals surface area contributed by atoms with E-state index in [0.29, 0.717) is 41.2 Å². The maximum Gasteiger partial charge on any atom is 0.324 e. The lowest BCUT2D eigenvalue weighted by Gasteiger charge is -2.36. The van der Waals surface area contributed by atoms with Gasteiger partial charge in [0, 0.05) is 5.56 Å². The lowest BCUT2D eigenvalue weighted by Crippen LogP contribution is -2.44. The molecule has 0 fully saturated rings. The number of phenols is 1. The predicted molar refractivity (Wildman–Crippen MR) is 122 cm³/mol. The Bertz CT molecular complexity index is 1030. The van der Waals surface area contributed by atoms with Gasteiger partial charge in [-0.05, 0) is 69.9 Å². The molecule has 2 atom stereocenters. The third kappa shape index (κ3) is 4.85. The molecule has 0 spiro atoms. The van der Waals surface area contributed by atoms with Gasteiger partial charge in [-0.25, -0.2) is 0 Å². The van der Waals surface area contributed by atoms with E-state index >= 15 is 0 Å². The fourth-order valence-electron chi connectivity index (χ4n) is 3.84. The molecule has 6 nitrogen and oxygen atoms in total. The molecule has 7 heteroatoms. The highest BCUT2D eigenvalue weighted by Crippen LogP contribution is 2.43. The Labute approximate surface area is 193 Å². The number of ether oxygens (including phenoxy) is 3.